The summed E-state index contributed by atoms with van der Waals surface area (Å²) < 4.78 is 10.5. The van der Waals surface area contributed by atoms with Crippen LogP contribution in [0.25, 0.3) is 0 Å². The monoisotopic (exact) mass is 391 g/mol. The predicted octanol–water partition coefficient (Wildman–Crippen LogP) is 4.85. The van der Waals surface area contributed by atoms with Crippen molar-refractivity contribution in [3.63, 3.8) is 0 Å². The SMILES string of the molecule is CCN(CC)CC(CCCCCCCCC(=O)OC)OC(=O)c1ccccc1. The van der Waals surface area contributed by atoms with Gasteiger partial charge in [-0.25, -0.2) is 4.79 Å². The average Bonchev–Trinajstić information content (AvgIpc) is 2.73. The first kappa shape index (κ1) is 24.2. The summed E-state index contributed by atoms with van der Waals surface area (Å²) in [6, 6.07) is 9.21. The van der Waals surface area contributed by atoms with Crippen molar-refractivity contribution < 1.29 is 19.1 Å². The smallest absolute Gasteiger partial charge is 0.338 e. The number of rotatable bonds is 15. The van der Waals surface area contributed by atoms with Gasteiger partial charge in [-0.05, 0) is 44.5 Å². The van der Waals surface area contributed by atoms with E-state index in [2.05, 4.69) is 23.5 Å². The Hall–Kier alpha value is -1.88. The van der Waals surface area contributed by atoms with Gasteiger partial charge in [0.2, 0.25) is 0 Å². The molecule has 28 heavy (non-hydrogen) atoms. The number of nitrogens with zero attached hydrogens (tertiary/aromatic N) is 1. The molecule has 1 unspecified atom stereocenters. The molecule has 0 bridgehead atoms. The second-order valence-corrected chi connectivity index (χ2v) is 7.12. The third-order valence-corrected chi connectivity index (χ3v) is 5.02. The van der Waals surface area contributed by atoms with E-state index in [1.165, 1.54) is 7.11 Å². The van der Waals surface area contributed by atoms with Crippen molar-refractivity contribution in [3.05, 3.63) is 35.9 Å². The molecule has 0 radical (unpaired) electrons. The van der Waals surface area contributed by atoms with Gasteiger partial charge in [-0.3, -0.25) is 4.79 Å². The highest BCUT2D eigenvalue weighted by Crippen LogP contribution is 2.14. The number of carbonyl (C=O) groups excluding carboxylic acids is 2. The van der Waals surface area contributed by atoms with E-state index < -0.39 is 0 Å². The minimum absolute atomic E-state index is 0.0769. The van der Waals surface area contributed by atoms with Crippen LogP contribution in [-0.2, 0) is 14.3 Å². The average molecular weight is 392 g/mol. The molecule has 1 atom stereocenters. The minimum Gasteiger partial charge on any atom is -0.469 e. The maximum absolute atomic E-state index is 12.4. The van der Waals surface area contributed by atoms with E-state index in [1.807, 2.05) is 18.2 Å². The number of unbranched alkanes of at least 4 members (excludes halogenated alkanes) is 5. The molecule has 0 fully saturated rings. The molecule has 0 saturated carbocycles. The quantitative estimate of drug-likeness (QED) is 0.316. The Morgan fingerprint density at radius 1 is 0.929 bits per heavy atom. The van der Waals surface area contributed by atoms with Crippen LogP contribution in [0.1, 0.15) is 75.6 Å². The summed E-state index contributed by atoms with van der Waals surface area (Å²) in [5.41, 5.74) is 0.609. The molecule has 1 aromatic rings. The molecule has 1 rings (SSSR count). The minimum atomic E-state index is -0.236. The molecule has 0 aromatic heterocycles. The molecule has 5 heteroatoms. The van der Waals surface area contributed by atoms with Crippen molar-refractivity contribution in [1.29, 1.82) is 0 Å². The summed E-state index contributed by atoms with van der Waals surface area (Å²) in [4.78, 5) is 25.8. The first-order chi connectivity index (χ1) is 13.6. The van der Waals surface area contributed by atoms with Crippen LogP contribution in [0.3, 0.4) is 0 Å². The first-order valence-electron chi connectivity index (χ1n) is 10.7. The molecule has 0 aliphatic rings. The molecule has 1 aromatic carbocycles. The lowest BCUT2D eigenvalue weighted by atomic mass is 10.1. The number of benzene rings is 1. The zero-order valence-electron chi connectivity index (χ0n) is 17.8. The van der Waals surface area contributed by atoms with Crippen molar-refractivity contribution in [2.45, 2.75) is 71.3 Å². The highest BCUT2D eigenvalue weighted by Gasteiger charge is 2.18. The molecule has 0 spiro atoms. The Morgan fingerprint density at radius 3 is 2.14 bits per heavy atom. The Morgan fingerprint density at radius 2 is 1.54 bits per heavy atom. The topological polar surface area (TPSA) is 55.8 Å². The van der Waals surface area contributed by atoms with Crippen molar-refractivity contribution in [3.8, 4) is 0 Å². The standard InChI is InChI=1S/C23H37NO4/c1-4-24(5-2)19-21(28-23(26)20-15-11-10-12-16-20)17-13-8-6-7-9-14-18-22(25)27-3/h10-12,15-16,21H,4-9,13-14,17-19H2,1-3H3. The second-order valence-electron chi connectivity index (χ2n) is 7.12. The van der Waals surface area contributed by atoms with Crippen LogP contribution >= 0.6 is 0 Å². The Labute approximate surface area is 170 Å². The Kier molecular flexibility index (Phi) is 13.0. The van der Waals surface area contributed by atoms with E-state index in [-0.39, 0.29) is 18.0 Å². The van der Waals surface area contributed by atoms with Crippen LogP contribution in [0.15, 0.2) is 30.3 Å². The molecule has 0 aliphatic carbocycles. The molecular formula is C23H37NO4. The highest BCUT2D eigenvalue weighted by molar-refractivity contribution is 5.89. The number of hydrogen-bond donors (Lipinski definition) is 0. The van der Waals surface area contributed by atoms with Crippen molar-refractivity contribution in [2.24, 2.45) is 0 Å². The predicted molar refractivity (Wildman–Crippen MR) is 112 cm³/mol. The van der Waals surface area contributed by atoms with Crippen molar-refractivity contribution in [2.75, 3.05) is 26.7 Å². The van der Waals surface area contributed by atoms with Crippen molar-refractivity contribution in [1.82, 2.24) is 4.90 Å². The summed E-state index contributed by atoms with van der Waals surface area (Å²) in [6.45, 7) is 6.96. The van der Waals surface area contributed by atoms with Gasteiger partial charge >= 0.3 is 11.9 Å². The highest BCUT2D eigenvalue weighted by atomic mass is 16.5. The molecule has 0 heterocycles. The fourth-order valence-corrected chi connectivity index (χ4v) is 3.20. The van der Waals surface area contributed by atoms with E-state index in [0.29, 0.717) is 12.0 Å². The maximum Gasteiger partial charge on any atom is 0.338 e. The van der Waals surface area contributed by atoms with Gasteiger partial charge in [-0.1, -0.05) is 57.7 Å². The zero-order chi connectivity index (χ0) is 20.6. The van der Waals surface area contributed by atoms with E-state index in [9.17, 15) is 9.59 Å². The molecule has 5 nitrogen and oxygen atoms in total. The summed E-state index contributed by atoms with van der Waals surface area (Å²) in [5, 5.41) is 0. The Balaban J connectivity index is 2.35. The number of carbonyl (C=O) groups is 2. The lowest BCUT2D eigenvalue weighted by Crippen LogP contribution is -2.35. The summed E-state index contributed by atoms with van der Waals surface area (Å²) in [7, 11) is 1.43. The van der Waals surface area contributed by atoms with Crippen LogP contribution in [0.2, 0.25) is 0 Å². The van der Waals surface area contributed by atoms with Gasteiger partial charge in [0.05, 0.1) is 12.7 Å². The summed E-state index contributed by atoms with van der Waals surface area (Å²) in [5.74, 6) is -0.361. The van der Waals surface area contributed by atoms with Gasteiger partial charge in [0.25, 0.3) is 0 Å². The van der Waals surface area contributed by atoms with Gasteiger partial charge in [-0.2, -0.15) is 0 Å². The van der Waals surface area contributed by atoms with E-state index in [0.717, 1.165) is 64.6 Å². The number of ether oxygens (including phenoxy) is 2. The molecule has 0 amide bonds. The summed E-state index contributed by atoms with van der Waals surface area (Å²) >= 11 is 0. The normalized spacial score (nSPS) is 12.0. The van der Waals surface area contributed by atoms with Gasteiger partial charge < -0.3 is 14.4 Å². The molecule has 0 saturated heterocycles. The Bertz CT molecular complexity index is 543. The van der Waals surface area contributed by atoms with Crippen LogP contribution in [-0.4, -0.2) is 49.7 Å². The van der Waals surface area contributed by atoms with Crippen molar-refractivity contribution >= 4 is 11.9 Å². The molecule has 0 aliphatic heterocycles. The van der Waals surface area contributed by atoms with E-state index in [4.69, 9.17) is 4.74 Å². The van der Waals surface area contributed by atoms with Crippen LogP contribution in [0.5, 0.6) is 0 Å². The van der Waals surface area contributed by atoms with Gasteiger partial charge in [-0.15, -0.1) is 0 Å². The van der Waals surface area contributed by atoms with Gasteiger partial charge in [0.1, 0.15) is 6.10 Å². The molecular weight excluding hydrogens is 354 g/mol. The number of esters is 2. The van der Waals surface area contributed by atoms with Gasteiger partial charge in [0, 0.05) is 13.0 Å². The fraction of sp³-hybridized carbons (Fsp3) is 0.652. The maximum atomic E-state index is 12.4. The van der Waals surface area contributed by atoms with Crippen LogP contribution in [0, 0.1) is 0 Å². The molecule has 0 N–H and O–H groups in total. The zero-order valence-corrected chi connectivity index (χ0v) is 17.8. The van der Waals surface area contributed by atoms with Crippen LogP contribution in [0.4, 0.5) is 0 Å². The van der Waals surface area contributed by atoms with E-state index in [1.54, 1.807) is 12.1 Å². The second kappa shape index (κ2) is 15.1. The largest absolute Gasteiger partial charge is 0.469 e. The van der Waals surface area contributed by atoms with Crippen LogP contribution < -0.4 is 0 Å². The third-order valence-electron chi connectivity index (χ3n) is 5.02. The van der Waals surface area contributed by atoms with Gasteiger partial charge in [0.15, 0.2) is 0 Å². The lowest BCUT2D eigenvalue weighted by Gasteiger charge is -2.25. The molecule has 158 valence electrons. The lowest BCUT2D eigenvalue weighted by molar-refractivity contribution is -0.140. The fourth-order valence-electron chi connectivity index (χ4n) is 3.20. The van der Waals surface area contributed by atoms with E-state index >= 15 is 0 Å². The number of hydrogen-bond acceptors (Lipinski definition) is 5. The number of methoxy groups -OCH3 is 1. The third kappa shape index (κ3) is 10.5. The number of likely N-dealkylation sites (N-methyl/N-ethyl adjacent to an activating group) is 1. The summed E-state index contributed by atoms with van der Waals surface area (Å²) in [6.07, 6.45) is 7.71. The first-order valence-corrected chi connectivity index (χ1v) is 10.7.